The standard InChI is InChI=1S/C14H18Cl3NO2S/c1-18(9-10-4-2-3-5-10)21(19,20)13-7-6-12(16)11(8-15)14(13)17/h6-7,10H,2-5,8-9H2,1H3. The lowest BCUT2D eigenvalue weighted by atomic mass is 10.1. The Morgan fingerprint density at radius 3 is 2.43 bits per heavy atom. The molecule has 0 amide bonds. The van der Waals surface area contributed by atoms with Gasteiger partial charge in [0.1, 0.15) is 4.90 Å². The maximum Gasteiger partial charge on any atom is 0.244 e. The highest BCUT2D eigenvalue weighted by Gasteiger charge is 2.28. The number of halogens is 3. The zero-order valence-electron chi connectivity index (χ0n) is 11.8. The highest BCUT2D eigenvalue weighted by atomic mass is 35.5. The predicted molar refractivity (Wildman–Crippen MR) is 87.8 cm³/mol. The molecule has 3 nitrogen and oxygen atoms in total. The summed E-state index contributed by atoms with van der Waals surface area (Å²) in [5, 5.41) is 0.503. The van der Waals surface area contributed by atoms with Crippen LogP contribution in [0.25, 0.3) is 0 Å². The topological polar surface area (TPSA) is 37.4 Å². The van der Waals surface area contributed by atoms with Crippen molar-refractivity contribution in [3.05, 3.63) is 27.7 Å². The van der Waals surface area contributed by atoms with Gasteiger partial charge in [0.05, 0.1) is 10.9 Å². The van der Waals surface area contributed by atoms with Crippen LogP contribution in [-0.4, -0.2) is 26.3 Å². The third kappa shape index (κ3) is 3.67. The summed E-state index contributed by atoms with van der Waals surface area (Å²) in [7, 11) is -2.03. The van der Waals surface area contributed by atoms with Gasteiger partial charge in [0.25, 0.3) is 0 Å². The largest absolute Gasteiger partial charge is 0.244 e. The lowest BCUT2D eigenvalue weighted by Gasteiger charge is -2.22. The van der Waals surface area contributed by atoms with Crippen LogP contribution < -0.4 is 0 Å². The van der Waals surface area contributed by atoms with E-state index < -0.39 is 10.0 Å². The molecule has 0 unspecified atom stereocenters. The van der Waals surface area contributed by atoms with E-state index in [9.17, 15) is 8.42 Å². The first-order chi connectivity index (χ1) is 9.87. The molecule has 0 spiro atoms. The Bertz CT molecular complexity index is 613. The molecule has 1 saturated carbocycles. The fourth-order valence-corrected chi connectivity index (χ4v) is 5.26. The summed E-state index contributed by atoms with van der Waals surface area (Å²) in [6.45, 7) is 0.525. The van der Waals surface area contributed by atoms with E-state index in [0.29, 0.717) is 23.0 Å². The number of nitrogens with zero attached hydrogens (tertiary/aromatic N) is 1. The SMILES string of the molecule is CN(CC1CCCC1)S(=O)(=O)c1ccc(Cl)c(CCl)c1Cl. The molecule has 2 rings (SSSR count). The highest BCUT2D eigenvalue weighted by molar-refractivity contribution is 7.89. The Morgan fingerprint density at radius 2 is 1.86 bits per heavy atom. The van der Waals surface area contributed by atoms with Crippen LogP contribution in [0.15, 0.2) is 17.0 Å². The Kier molecular flexibility index (Phi) is 5.83. The minimum atomic E-state index is -3.62. The second kappa shape index (κ2) is 7.05. The Labute approximate surface area is 141 Å². The molecule has 0 aliphatic heterocycles. The molecule has 0 aromatic heterocycles. The second-order valence-corrected chi connectivity index (χ2v) is 8.47. The van der Waals surface area contributed by atoms with E-state index in [0.717, 1.165) is 12.8 Å². The molecule has 0 bridgehead atoms. The number of benzene rings is 1. The van der Waals surface area contributed by atoms with Crippen LogP contribution in [0, 0.1) is 5.92 Å². The first-order valence-electron chi connectivity index (χ1n) is 6.87. The fourth-order valence-electron chi connectivity index (χ4n) is 2.72. The Balaban J connectivity index is 2.30. The lowest BCUT2D eigenvalue weighted by Crippen LogP contribution is -2.31. The molecule has 1 fully saturated rings. The zero-order valence-corrected chi connectivity index (χ0v) is 14.9. The normalized spacial score (nSPS) is 16.8. The van der Waals surface area contributed by atoms with Crippen molar-refractivity contribution in [2.75, 3.05) is 13.6 Å². The van der Waals surface area contributed by atoms with Gasteiger partial charge in [0, 0.05) is 24.2 Å². The highest BCUT2D eigenvalue weighted by Crippen LogP contribution is 2.34. The van der Waals surface area contributed by atoms with Crippen molar-refractivity contribution >= 4 is 44.8 Å². The van der Waals surface area contributed by atoms with Gasteiger partial charge in [-0.3, -0.25) is 0 Å². The van der Waals surface area contributed by atoms with Gasteiger partial charge in [-0.15, -0.1) is 11.6 Å². The van der Waals surface area contributed by atoms with Gasteiger partial charge < -0.3 is 0 Å². The van der Waals surface area contributed by atoms with Crippen LogP contribution >= 0.6 is 34.8 Å². The van der Waals surface area contributed by atoms with Crippen LogP contribution in [0.4, 0.5) is 0 Å². The van der Waals surface area contributed by atoms with E-state index in [1.54, 1.807) is 7.05 Å². The molecule has 1 aliphatic rings. The van der Waals surface area contributed by atoms with Crippen molar-refractivity contribution in [3.8, 4) is 0 Å². The summed E-state index contributed by atoms with van der Waals surface area (Å²) in [4.78, 5) is 0.0738. The maximum absolute atomic E-state index is 12.7. The monoisotopic (exact) mass is 369 g/mol. The molecule has 0 heterocycles. The zero-order chi connectivity index (χ0) is 15.6. The Hall–Kier alpha value is -0.000000000000000167. The van der Waals surface area contributed by atoms with Crippen LogP contribution in [0.5, 0.6) is 0 Å². The van der Waals surface area contributed by atoms with Gasteiger partial charge in [-0.2, -0.15) is 0 Å². The number of hydrogen-bond donors (Lipinski definition) is 0. The average Bonchev–Trinajstić information content (AvgIpc) is 2.91. The summed E-state index contributed by atoms with van der Waals surface area (Å²) >= 11 is 18.0. The van der Waals surface area contributed by atoms with Gasteiger partial charge in [0.15, 0.2) is 0 Å². The predicted octanol–water partition coefficient (Wildman–Crippen LogP) is 4.54. The van der Waals surface area contributed by atoms with Crippen LogP contribution in [-0.2, 0) is 15.9 Å². The van der Waals surface area contributed by atoms with Gasteiger partial charge >= 0.3 is 0 Å². The van der Waals surface area contributed by atoms with Crippen molar-refractivity contribution in [1.82, 2.24) is 4.31 Å². The van der Waals surface area contributed by atoms with E-state index >= 15 is 0 Å². The second-order valence-electron chi connectivity index (χ2n) is 5.41. The molecule has 0 radical (unpaired) electrons. The quantitative estimate of drug-likeness (QED) is 0.713. The van der Waals surface area contributed by atoms with Gasteiger partial charge in [-0.05, 0) is 30.9 Å². The van der Waals surface area contributed by atoms with E-state index in [1.807, 2.05) is 0 Å². The molecule has 1 aliphatic carbocycles. The first-order valence-corrected chi connectivity index (χ1v) is 9.60. The summed E-state index contributed by atoms with van der Waals surface area (Å²) in [5.41, 5.74) is 0.454. The van der Waals surface area contributed by atoms with E-state index in [4.69, 9.17) is 34.8 Å². The van der Waals surface area contributed by atoms with Crippen molar-refractivity contribution in [2.24, 2.45) is 5.92 Å². The number of hydrogen-bond acceptors (Lipinski definition) is 2. The first kappa shape index (κ1) is 17.4. The summed E-state index contributed by atoms with van der Waals surface area (Å²) in [6, 6.07) is 2.97. The van der Waals surface area contributed by atoms with Crippen molar-refractivity contribution in [1.29, 1.82) is 0 Å². The number of rotatable bonds is 5. The van der Waals surface area contributed by atoms with Crippen LogP contribution in [0.2, 0.25) is 10.0 Å². The van der Waals surface area contributed by atoms with Crippen molar-refractivity contribution < 1.29 is 8.42 Å². The van der Waals surface area contributed by atoms with Crippen LogP contribution in [0.3, 0.4) is 0 Å². The van der Waals surface area contributed by atoms with E-state index in [1.165, 1.54) is 29.3 Å². The summed E-state index contributed by atoms with van der Waals surface area (Å²) in [6.07, 6.45) is 4.52. The van der Waals surface area contributed by atoms with E-state index in [2.05, 4.69) is 0 Å². The molecule has 7 heteroatoms. The van der Waals surface area contributed by atoms with Gasteiger partial charge in [-0.1, -0.05) is 36.0 Å². The molecule has 1 aromatic carbocycles. The van der Waals surface area contributed by atoms with Crippen molar-refractivity contribution in [3.63, 3.8) is 0 Å². The smallest absolute Gasteiger partial charge is 0.207 e. The maximum atomic E-state index is 12.7. The van der Waals surface area contributed by atoms with Crippen LogP contribution in [0.1, 0.15) is 31.2 Å². The number of alkyl halides is 1. The summed E-state index contributed by atoms with van der Waals surface area (Å²) in [5.74, 6) is 0.510. The Morgan fingerprint density at radius 1 is 1.24 bits per heavy atom. The minimum Gasteiger partial charge on any atom is -0.207 e. The van der Waals surface area contributed by atoms with Gasteiger partial charge in [0.2, 0.25) is 10.0 Å². The third-order valence-corrected chi connectivity index (χ3v) is 6.99. The summed E-state index contributed by atoms with van der Waals surface area (Å²) < 4.78 is 26.7. The molecule has 21 heavy (non-hydrogen) atoms. The molecular weight excluding hydrogens is 353 g/mol. The molecule has 1 aromatic rings. The average molecular weight is 371 g/mol. The molecule has 118 valence electrons. The molecule has 0 atom stereocenters. The fraction of sp³-hybridized carbons (Fsp3) is 0.571. The lowest BCUT2D eigenvalue weighted by molar-refractivity contribution is 0.387. The van der Waals surface area contributed by atoms with Gasteiger partial charge in [-0.25, -0.2) is 12.7 Å². The molecule has 0 saturated heterocycles. The molecular formula is C14H18Cl3NO2S. The van der Waals surface area contributed by atoms with E-state index in [-0.39, 0.29) is 15.8 Å². The minimum absolute atomic E-state index is 0.0738. The van der Waals surface area contributed by atoms with Crippen molar-refractivity contribution in [2.45, 2.75) is 36.5 Å². The third-order valence-electron chi connectivity index (χ3n) is 3.96. The molecule has 0 N–H and O–H groups in total. The number of sulfonamides is 1.